The van der Waals surface area contributed by atoms with E-state index in [1.807, 2.05) is 54.6 Å². The maximum absolute atomic E-state index is 11.2. The van der Waals surface area contributed by atoms with Gasteiger partial charge in [-0.25, -0.2) is 0 Å². The van der Waals surface area contributed by atoms with E-state index >= 15 is 0 Å². The molecule has 4 aromatic rings. The zero-order chi connectivity index (χ0) is 20.1. The molecule has 146 valence electrons. The molecule has 0 spiro atoms. The van der Waals surface area contributed by atoms with Crippen LogP contribution in [0, 0.1) is 0 Å². The summed E-state index contributed by atoms with van der Waals surface area (Å²) in [5.74, 6) is 0.542. The third-order valence-electron chi connectivity index (χ3n) is 3.71. The summed E-state index contributed by atoms with van der Waals surface area (Å²) in [6, 6.07) is 17.2. The van der Waals surface area contributed by atoms with Crippen LogP contribution in [0.15, 0.2) is 65.1 Å². The molecule has 0 unspecified atom stereocenters. The maximum atomic E-state index is 11.2. The number of benzene rings is 2. The van der Waals surface area contributed by atoms with E-state index in [2.05, 4.69) is 31.0 Å². The van der Waals surface area contributed by atoms with E-state index in [0.29, 0.717) is 10.9 Å². The number of nitrogens with one attached hydrogen (secondary N) is 2. The quantitative estimate of drug-likeness (QED) is 0.432. The van der Waals surface area contributed by atoms with Crippen molar-refractivity contribution in [2.75, 3.05) is 10.6 Å². The normalized spacial score (nSPS) is 10.7. The predicted octanol–water partition coefficient (Wildman–Crippen LogP) is 4.11. The van der Waals surface area contributed by atoms with E-state index in [9.17, 15) is 4.79 Å². The van der Waals surface area contributed by atoms with Crippen molar-refractivity contribution in [1.82, 2.24) is 25.2 Å². The minimum Gasteiger partial charge on any atom is -0.330 e. The number of aromatic nitrogens is 5. The van der Waals surface area contributed by atoms with Crippen LogP contribution in [0.1, 0.15) is 12.6 Å². The van der Waals surface area contributed by atoms with Crippen LogP contribution in [-0.4, -0.2) is 31.1 Å². The van der Waals surface area contributed by atoms with Crippen LogP contribution in [0.3, 0.4) is 0 Å². The first kappa shape index (κ1) is 19.1. The first-order valence-electron chi connectivity index (χ1n) is 8.73. The SMILES string of the molecule is CC(=O)Nc1cccc(Nc2nnc(SCc3cnn(-c4ccccc4)n3)s2)c1. The van der Waals surface area contributed by atoms with Gasteiger partial charge in [0.15, 0.2) is 4.34 Å². The first-order chi connectivity index (χ1) is 14.2. The monoisotopic (exact) mass is 423 g/mol. The number of carbonyl (C=O) groups excluding carboxylic acids is 1. The fourth-order valence-electron chi connectivity index (χ4n) is 2.50. The average Bonchev–Trinajstić information content (AvgIpc) is 3.36. The molecule has 0 saturated carbocycles. The van der Waals surface area contributed by atoms with Gasteiger partial charge in [-0.3, -0.25) is 4.79 Å². The Morgan fingerprint density at radius 2 is 1.93 bits per heavy atom. The molecule has 10 heteroatoms. The van der Waals surface area contributed by atoms with Gasteiger partial charge in [-0.2, -0.15) is 15.0 Å². The van der Waals surface area contributed by atoms with Gasteiger partial charge in [0.25, 0.3) is 0 Å². The van der Waals surface area contributed by atoms with Crippen molar-refractivity contribution in [2.45, 2.75) is 17.0 Å². The third-order valence-corrected chi connectivity index (χ3v) is 5.72. The van der Waals surface area contributed by atoms with Gasteiger partial charge in [0.2, 0.25) is 11.0 Å². The summed E-state index contributed by atoms with van der Waals surface area (Å²) < 4.78 is 0.833. The van der Waals surface area contributed by atoms with Gasteiger partial charge in [0.1, 0.15) is 0 Å². The minimum absolute atomic E-state index is 0.110. The molecule has 0 saturated heterocycles. The standard InChI is InChI=1S/C19H17N7OS2/c1-13(27)21-14-6-5-7-15(10-14)22-18-23-24-19(29-18)28-12-16-11-20-26(25-16)17-8-3-2-4-9-17/h2-11H,12H2,1H3,(H,21,27)(H,22,23). The Kier molecular flexibility index (Phi) is 5.82. The molecule has 1 amide bonds. The number of hydrogen-bond acceptors (Lipinski definition) is 8. The topological polar surface area (TPSA) is 97.6 Å². The summed E-state index contributed by atoms with van der Waals surface area (Å²) in [7, 11) is 0. The van der Waals surface area contributed by atoms with Crippen LogP contribution in [0.4, 0.5) is 16.5 Å². The summed E-state index contributed by atoms with van der Waals surface area (Å²) in [5.41, 5.74) is 3.34. The van der Waals surface area contributed by atoms with Crippen molar-refractivity contribution < 1.29 is 4.79 Å². The lowest BCUT2D eigenvalue weighted by Gasteiger charge is -2.05. The van der Waals surface area contributed by atoms with E-state index in [-0.39, 0.29) is 5.91 Å². The molecule has 4 rings (SSSR count). The molecule has 2 heterocycles. The van der Waals surface area contributed by atoms with E-state index in [1.165, 1.54) is 18.3 Å². The fraction of sp³-hybridized carbons (Fsp3) is 0.105. The Morgan fingerprint density at radius 3 is 2.76 bits per heavy atom. The second kappa shape index (κ2) is 8.84. The average molecular weight is 424 g/mol. The van der Waals surface area contributed by atoms with Crippen LogP contribution < -0.4 is 10.6 Å². The highest BCUT2D eigenvalue weighted by Gasteiger charge is 2.09. The summed E-state index contributed by atoms with van der Waals surface area (Å²) in [4.78, 5) is 12.8. The largest absolute Gasteiger partial charge is 0.330 e. The molecule has 0 atom stereocenters. The molecule has 8 nitrogen and oxygen atoms in total. The lowest BCUT2D eigenvalue weighted by Crippen LogP contribution is -2.05. The number of nitrogens with zero attached hydrogens (tertiary/aromatic N) is 5. The van der Waals surface area contributed by atoms with E-state index in [1.54, 1.807) is 22.8 Å². The molecule has 0 aliphatic carbocycles. The van der Waals surface area contributed by atoms with Crippen LogP contribution >= 0.6 is 23.1 Å². The Labute approximate surface area is 175 Å². The predicted molar refractivity (Wildman–Crippen MR) is 115 cm³/mol. The number of hydrogen-bond donors (Lipinski definition) is 2. The zero-order valence-corrected chi connectivity index (χ0v) is 17.1. The number of thioether (sulfide) groups is 1. The molecule has 29 heavy (non-hydrogen) atoms. The Morgan fingerprint density at radius 1 is 1.10 bits per heavy atom. The van der Waals surface area contributed by atoms with Crippen molar-refractivity contribution >= 4 is 45.5 Å². The van der Waals surface area contributed by atoms with Crippen LogP contribution in [0.25, 0.3) is 5.69 Å². The van der Waals surface area contributed by atoms with Gasteiger partial charge in [0.05, 0.1) is 17.6 Å². The smallest absolute Gasteiger partial charge is 0.221 e. The summed E-state index contributed by atoms with van der Waals surface area (Å²) in [5, 5.41) is 23.8. The van der Waals surface area contributed by atoms with E-state index in [0.717, 1.165) is 27.1 Å². The highest BCUT2D eigenvalue weighted by atomic mass is 32.2. The number of amides is 1. The van der Waals surface area contributed by atoms with Crippen LogP contribution in [0.5, 0.6) is 0 Å². The zero-order valence-electron chi connectivity index (χ0n) is 15.4. The van der Waals surface area contributed by atoms with Crippen molar-refractivity contribution in [3.63, 3.8) is 0 Å². The van der Waals surface area contributed by atoms with Gasteiger partial charge in [-0.05, 0) is 30.3 Å². The molecular formula is C19H17N7OS2. The van der Waals surface area contributed by atoms with Gasteiger partial charge in [0, 0.05) is 24.1 Å². The summed E-state index contributed by atoms with van der Waals surface area (Å²) in [6.45, 7) is 1.48. The number of anilines is 3. The fourth-order valence-corrected chi connectivity index (χ4v) is 4.15. The van der Waals surface area contributed by atoms with Crippen molar-refractivity contribution in [1.29, 1.82) is 0 Å². The maximum Gasteiger partial charge on any atom is 0.221 e. The molecule has 2 aromatic carbocycles. The molecular weight excluding hydrogens is 406 g/mol. The Hall–Kier alpha value is -3.24. The molecule has 2 aromatic heterocycles. The molecule has 0 radical (unpaired) electrons. The second-order valence-corrected chi connectivity index (χ2v) is 8.21. The molecule has 0 bridgehead atoms. The molecule has 2 N–H and O–H groups in total. The van der Waals surface area contributed by atoms with Crippen molar-refractivity contribution in [3.05, 3.63) is 66.5 Å². The number of rotatable bonds is 7. The summed E-state index contributed by atoms with van der Waals surface area (Å²) >= 11 is 3.01. The van der Waals surface area contributed by atoms with Crippen LogP contribution in [0.2, 0.25) is 0 Å². The minimum atomic E-state index is -0.110. The molecule has 0 aliphatic rings. The van der Waals surface area contributed by atoms with E-state index in [4.69, 9.17) is 0 Å². The lowest BCUT2D eigenvalue weighted by molar-refractivity contribution is -0.114. The highest BCUT2D eigenvalue weighted by Crippen LogP contribution is 2.30. The van der Waals surface area contributed by atoms with Crippen LogP contribution in [-0.2, 0) is 10.5 Å². The summed E-state index contributed by atoms with van der Waals surface area (Å²) in [6.07, 6.45) is 1.76. The highest BCUT2D eigenvalue weighted by molar-refractivity contribution is 8.00. The Bertz CT molecular complexity index is 1110. The second-order valence-electron chi connectivity index (χ2n) is 6.01. The lowest BCUT2D eigenvalue weighted by atomic mass is 10.3. The van der Waals surface area contributed by atoms with Gasteiger partial charge in [-0.1, -0.05) is 47.4 Å². The number of carbonyl (C=O) groups is 1. The number of para-hydroxylation sites is 1. The van der Waals surface area contributed by atoms with Gasteiger partial charge >= 0.3 is 0 Å². The van der Waals surface area contributed by atoms with Gasteiger partial charge in [-0.15, -0.1) is 10.2 Å². The van der Waals surface area contributed by atoms with E-state index < -0.39 is 0 Å². The van der Waals surface area contributed by atoms with Crippen molar-refractivity contribution in [2.24, 2.45) is 0 Å². The molecule has 0 fully saturated rings. The van der Waals surface area contributed by atoms with Crippen molar-refractivity contribution in [3.8, 4) is 5.69 Å². The first-order valence-corrected chi connectivity index (χ1v) is 10.5. The Balaban J connectivity index is 1.35. The molecule has 0 aliphatic heterocycles. The van der Waals surface area contributed by atoms with Gasteiger partial charge < -0.3 is 10.6 Å². The third kappa shape index (κ3) is 5.18.